The average Bonchev–Trinajstić information content (AvgIpc) is 2.65. The molecule has 2 amide bonds. The second kappa shape index (κ2) is 9.46. The zero-order valence-electron chi connectivity index (χ0n) is 17.1. The summed E-state index contributed by atoms with van der Waals surface area (Å²) >= 11 is 6.06. The van der Waals surface area contributed by atoms with Crippen LogP contribution in [0.25, 0.3) is 0 Å². The normalized spacial score (nSPS) is 11.6. The van der Waals surface area contributed by atoms with Crippen LogP contribution < -0.4 is 15.4 Å². The van der Waals surface area contributed by atoms with Crippen molar-refractivity contribution >= 4 is 39.3 Å². The lowest BCUT2D eigenvalue weighted by Gasteiger charge is -2.21. The molecule has 0 spiro atoms. The number of methoxy groups -OCH3 is 1. The molecule has 0 aliphatic rings. The molecule has 0 aliphatic carbocycles. The van der Waals surface area contributed by atoms with E-state index in [4.69, 9.17) is 11.6 Å². The Kier molecular flexibility index (Phi) is 7.46. The van der Waals surface area contributed by atoms with Crippen molar-refractivity contribution in [3.8, 4) is 0 Å². The van der Waals surface area contributed by atoms with Gasteiger partial charge in [0, 0.05) is 23.3 Å². The molecule has 2 aromatic carbocycles. The summed E-state index contributed by atoms with van der Waals surface area (Å²) in [6.45, 7) is 5.34. The topological polar surface area (TPSA) is 114 Å². The average molecular weight is 454 g/mol. The molecule has 30 heavy (non-hydrogen) atoms. The maximum absolute atomic E-state index is 12.6. The van der Waals surface area contributed by atoms with Crippen LogP contribution in [-0.4, -0.2) is 33.1 Å². The van der Waals surface area contributed by atoms with Crippen molar-refractivity contribution in [1.82, 2.24) is 10.0 Å². The van der Waals surface area contributed by atoms with E-state index in [-0.39, 0.29) is 22.0 Å². The number of halogens is 1. The van der Waals surface area contributed by atoms with Crippen molar-refractivity contribution in [1.29, 1.82) is 0 Å². The Bertz CT molecular complexity index is 1030. The summed E-state index contributed by atoms with van der Waals surface area (Å²) < 4.78 is 32.2. The minimum Gasteiger partial charge on any atom is -0.453 e. The van der Waals surface area contributed by atoms with Gasteiger partial charge in [-0.15, -0.1) is 0 Å². The molecule has 0 bridgehead atoms. The Morgan fingerprint density at radius 2 is 1.70 bits per heavy atom. The van der Waals surface area contributed by atoms with E-state index < -0.39 is 27.6 Å². The van der Waals surface area contributed by atoms with Crippen molar-refractivity contribution in [3.63, 3.8) is 0 Å². The number of benzene rings is 2. The maximum Gasteiger partial charge on any atom is 0.411 e. The van der Waals surface area contributed by atoms with Gasteiger partial charge in [-0.05, 0) is 56.7 Å². The van der Waals surface area contributed by atoms with Crippen LogP contribution in [0.3, 0.4) is 0 Å². The van der Waals surface area contributed by atoms with Gasteiger partial charge >= 0.3 is 6.09 Å². The van der Waals surface area contributed by atoms with Crippen molar-refractivity contribution in [2.45, 2.75) is 37.8 Å². The lowest BCUT2D eigenvalue weighted by Crippen LogP contribution is -2.40. The number of anilines is 1. The van der Waals surface area contributed by atoms with Crippen molar-refractivity contribution < 1.29 is 22.7 Å². The van der Waals surface area contributed by atoms with Gasteiger partial charge in [-0.3, -0.25) is 10.1 Å². The van der Waals surface area contributed by atoms with E-state index in [9.17, 15) is 18.0 Å². The molecule has 3 N–H and O–H groups in total. The molecule has 0 saturated carbocycles. The first-order valence-corrected chi connectivity index (χ1v) is 10.8. The quantitative estimate of drug-likeness (QED) is 0.619. The molecule has 8 nitrogen and oxygen atoms in total. The van der Waals surface area contributed by atoms with Gasteiger partial charge in [0.25, 0.3) is 5.91 Å². The second-order valence-corrected chi connectivity index (χ2v) is 9.55. The minimum absolute atomic E-state index is 0.0250. The molecular weight excluding hydrogens is 430 g/mol. The molecule has 162 valence electrons. The molecule has 0 aliphatic heterocycles. The third-order valence-electron chi connectivity index (χ3n) is 3.76. The fourth-order valence-corrected chi connectivity index (χ4v) is 4.41. The van der Waals surface area contributed by atoms with Crippen LogP contribution in [0.1, 0.15) is 36.7 Å². The van der Waals surface area contributed by atoms with E-state index >= 15 is 0 Å². The van der Waals surface area contributed by atoms with Crippen LogP contribution in [0.4, 0.5) is 10.5 Å². The van der Waals surface area contributed by atoms with E-state index in [0.29, 0.717) is 5.69 Å². The Labute approximate surface area is 181 Å². The Hall–Kier alpha value is -2.62. The fraction of sp³-hybridized carbons (Fsp3) is 0.300. The number of amides is 2. The zero-order chi connectivity index (χ0) is 22.5. The van der Waals surface area contributed by atoms with Crippen molar-refractivity contribution in [2.24, 2.45) is 0 Å². The van der Waals surface area contributed by atoms with Gasteiger partial charge in [0.2, 0.25) is 10.0 Å². The zero-order valence-corrected chi connectivity index (χ0v) is 18.6. The highest BCUT2D eigenvalue weighted by atomic mass is 35.5. The molecule has 0 atom stereocenters. The van der Waals surface area contributed by atoms with Gasteiger partial charge < -0.3 is 10.1 Å². The number of rotatable bonds is 6. The largest absolute Gasteiger partial charge is 0.453 e. The van der Waals surface area contributed by atoms with E-state index in [1.807, 2.05) is 0 Å². The van der Waals surface area contributed by atoms with Crippen LogP contribution >= 0.6 is 11.6 Å². The van der Waals surface area contributed by atoms with Crippen molar-refractivity contribution in [3.05, 3.63) is 58.6 Å². The number of ether oxygens (including phenoxy) is 1. The highest BCUT2D eigenvalue weighted by molar-refractivity contribution is 7.89. The first kappa shape index (κ1) is 23.7. The summed E-state index contributed by atoms with van der Waals surface area (Å²) in [6, 6.07) is 10.9. The van der Waals surface area contributed by atoms with Crippen LogP contribution in [0.15, 0.2) is 47.4 Å². The third-order valence-corrected chi connectivity index (χ3v) is 6.00. The summed E-state index contributed by atoms with van der Waals surface area (Å²) in [4.78, 5) is 23.5. The number of nitrogens with one attached hydrogen (secondary N) is 3. The number of hydrogen-bond donors (Lipinski definition) is 3. The van der Waals surface area contributed by atoms with Crippen LogP contribution in [-0.2, 0) is 21.3 Å². The maximum atomic E-state index is 12.6. The summed E-state index contributed by atoms with van der Waals surface area (Å²) in [5, 5.41) is 5.28. The summed E-state index contributed by atoms with van der Waals surface area (Å²) in [7, 11) is -2.63. The smallest absolute Gasteiger partial charge is 0.411 e. The van der Waals surface area contributed by atoms with Crippen LogP contribution in [0, 0.1) is 0 Å². The molecule has 10 heteroatoms. The SMILES string of the molecule is COC(=O)Nc1ccc(CNC(=O)c2ccc(Cl)c(S(=O)(=O)NC(C)(C)C)c2)cc1. The lowest BCUT2D eigenvalue weighted by atomic mass is 10.1. The second-order valence-electron chi connectivity index (χ2n) is 7.50. The number of carbonyl (C=O) groups is 2. The first-order valence-electron chi connectivity index (χ1n) is 8.97. The third kappa shape index (κ3) is 6.72. The van der Waals surface area contributed by atoms with Crippen LogP contribution in [0.2, 0.25) is 5.02 Å². The summed E-state index contributed by atoms with van der Waals surface area (Å²) in [5.74, 6) is -0.448. The summed E-state index contributed by atoms with van der Waals surface area (Å²) in [6.07, 6.45) is -0.578. The molecule has 0 aromatic heterocycles. The van der Waals surface area contributed by atoms with Gasteiger partial charge in [0.15, 0.2) is 0 Å². The molecular formula is C20H24ClN3O5S. The van der Waals surface area contributed by atoms with Crippen molar-refractivity contribution in [2.75, 3.05) is 12.4 Å². The standard InChI is InChI=1S/C20H24ClN3O5S/c1-20(2,3)24-30(27,28)17-11-14(7-10-16(17)21)18(25)22-12-13-5-8-15(9-6-13)23-19(26)29-4/h5-11,24H,12H2,1-4H3,(H,22,25)(H,23,26). The number of carbonyl (C=O) groups excluding carboxylic acids is 2. The Balaban J connectivity index is 2.10. The van der Waals surface area contributed by atoms with Gasteiger partial charge in [-0.1, -0.05) is 23.7 Å². The summed E-state index contributed by atoms with van der Waals surface area (Å²) in [5.41, 5.74) is 0.804. The van der Waals surface area contributed by atoms with Gasteiger partial charge in [0.05, 0.1) is 12.1 Å². The van der Waals surface area contributed by atoms with Crippen LogP contribution in [0.5, 0.6) is 0 Å². The van der Waals surface area contributed by atoms with E-state index in [1.54, 1.807) is 45.0 Å². The Morgan fingerprint density at radius 3 is 2.27 bits per heavy atom. The predicted octanol–water partition coefficient (Wildman–Crippen LogP) is 3.53. The monoisotopic (exact) mass is 453 g/mol. The van der Waals surface area contributed by atoms with E-state index in [2.05, 4.69) is 20.1 Å². The molecule has 0 radical (unpaired) electrons. The number of hydrogen-bond acceptors (Lipinski definition) is 5. The molecule has 2 rings (SSSR count). The lowest BCUT2D eigenvalue weighted by molar-refractivity contribution is 0.0950. The van der Waals surface area contributed by atoms with Gasteiger partial charge in [-0.25, -0.2) is 17.9 Å². The molecule has 0 fully saturated rings. The fourth-order valence-electron chi connectivity index (χ4n) is 2.47. The first-order chi connectivity index (χ1) is 13.9. The molecule has 0 saturated heterocycles. The van der Waals surface area contributed by atoms with Gasteiger partial charge in [0.1, 0.15) is 4.90 Å². The molecule has 0 heterocycles. The molecule has 2 aromatic rings. The van der Waals surface area contributed by atoms with E-state index in [1.165, 1.54) is 25.3 Å². The predicted molar refractivity (Wildman–Crippen MR) is 115 cm³/mol. The van der Waals surface area contributed by atoms with Gasteiger partial charge in [-0.2, -0.15) is 0 Å². The highest BCUT2D eigenvalue weighted by Gasteiger charge is 2.25. The minimum atomic E-state index is -3.90. The number of sulfonamides is 1. The highest BCUT2D eigenvalue weighted by Crippen LogP contribution is 2.24. The Morgan fingerprint density at radius 1 is 1.07 bits per heavy atom. The molecule has 0 unspecified atom stereocenters. The van der Waals surface area contributed by atoms with E-state index in [0.717, 1.165) is 5.56 Å².